The van der Waals surface area contributed by atoms with E-state index in [1.54, 1.807) is 12.6 Å². The van der Waals surface area contributed by atoms with E-state index in [9.17, 15) is 9.59 Å². The molecule has 2 aliphatic rings. The smallest absolute Gasteiger partial charge is 0.266 e. The molecule has 3 aromatic rings. The Kier molecular flexibility index (Phi) is 8.51. The lowest BCUT2D eigenvalue weighted by atomic mass is 9.92. The topological polar surface area (TPSA) is 66.0 Å². The molecule has 200 valence electrons. The van der Waals surface area contributed by atoms with Crippen molar-refractivity contribution < 1.29 is 14.3 Å². The van der Waals surface area contributed by atoms with Gasteiger partial charge in [-0.3, -0.25) is 14.5 Å². The molecule has 0 N–H and O–H groups in total. The van der Waals surface area contributed by atoms with Crippen molar-refractivity contribution in [2.45, 2.75) is 57.8 Å². The predicted molar refractivity (Wildman–Crippen MR) is 150 cm³/mol. The maximum Gasteiger partial charge on any atom is 0.266 e. The van der Waals surface area contributed by atoms with E-state index in [2.05, 4.69) is 34.1 Å². The first-order valence-electron chi connectivity index (χ1n) is 13.4. The Bertz CT molecular complexity index is 1250. The van der Waals surface area contributed by atoms with Crippen molar-refractivity contribution in [2.24, 2.45) is 0 Å². The molecule has 0 aliphatic carbocycles. The third-order valence-electron chi connectivity index (χ3n) is 7.78. The minimum absolute atomic E-state index is 0.00982. The van der Waals surface area contributed by atoms with Crippen molar-refractivity contribution >= 4 is 28.8 Å². The highest BCUT2D eigenvalue weighted by Gasteiger charge is 2.35. The predicted octanol–water partition coefficient (Wildman–Crippen LogP) is 4.90. The lowest BCUT2D eigenvalue weighted by molar-refractivity contribution is -0.122. The van der Waals surface area contributed by atoms with Crippen LogP contribution in [-0.4, -0.2) is 65.5 Å². The van der Waals surface area contributed by atoms with E-state index < -0.39 is 0 Å². The molecule has 38 heavy (non-hydrogen) atoms. The molecule has 2 unspecified atom stereocenters. The molecule has 2 bridgehead atoms. The third kappa shape index (κ3) is 5.82. The van der Waals surface area contributed by atoms with Gasteiger partial charge >= 0.3 is 0 Å². The van der Waals surface area contributed by atoms with Crippen LogP contribution in [0, 0.1) is 6.92 Å². The van der Waals surface area contributed by atoms with E-state index in [1.165, 1.54) is 16.9 Å². The minimum atomic E-state index is -0.0580. The number of rotatable bonds is 5. The summed E-state index contributed by atoms with van der Waals surface area (Å²) in [5.74, 6) is -0.0482. The Morgan fingerprint density at radius 2 is 1.79 bits per heavy atom. The monoisotopic (exact) mass is 532 g/mol. The SMILES string of the molecule is COCC(=O)N1CCC2CCCC(CN(C(=O)c3scnc3C)Cc3ccccc31)N2Cc1ccccc1. The van der Waals surface area contributed by atoms with E-state index in [0.717, 1.165) is 49.2 Å². The summed E-state index contributed by atoms with van der Waals surface area (Å²) in [7, 11) is 1.56. The second-order valence-electron chi connectivity index (χ2n) is 10.2. The Morgan fingerprint density at radius 1 is 1.03 bits per heavy atom. The van der Waals surface area contributed by atoms with Gasteiger partial charge in [0.05, 0.1) is 11.2 Å². The first kappa shape index (κ1) is 26.5. The number of methoxy groups -OCH3 is 1. The molecule has 0 radical (unpaired) electrons. The molecule has 2 aromatic carbocycles. The molecule has 1 fully saturated rings. The highest BCUT2D eigenvalue weighted by atomic mass is 32.1. The van der Waals surface area contributed by atoms with Crippen LogP contribution in [0.5, 0.6) is 0 Å². The maximum atomic E-state index is 14.0. The largest absolute Gasteiger partial charge is 0.375 e. The number of aromatic nitrogens is 1. The summed E-state index contributed by atoms with van der Waals surface area (Å²) in [6.07, 6.45) is 4.11. The van der Waals surface area contributed by atoms with E-state index in [1.807, 2.05) is 47.1 Å². The average molecular weight is 533 g/mol. The van der Waals surface area contributed by atoms with Crippen LogP contribution in [0.25, 0.3) is 0 Å². The molecule has 7 nitrogen and oxygen atoms in total. The Labute approximate surface area is 229 Å². The molecule has 2 aliphatic heterocycles. The number of amides is 2. The van der Waals surface area contributed by atoms with Crippen molar-refractivity contribution in [1.82, 2.24) is 14.8 Å². The van der Waals surface area contributed by atoms with Crippen molar-refractivity contribution in [3.63, 3.8) is 0 Å². The molecule has 1 aromatic heterocycles. The molecule has 5 rings (SSSR count). The molecular weight excluding hydrogens is 496 g/mol. The summed E-state index contributed by atoms with van der Waals surface area (Å²) >= 11 is 1.40. The number of para-hydroxylation sites is 1. The van der Waals surface area contributed by atoms with Gasteiger partial charge in [-0.1, -0.05) is 55.0 Å². The standard InChI is InChI=1S/C30H36N4O3S/c1-22-29(38-21-31-22)30(36)32-18-24-11-6-7-14-27(24)33(28(35)20-37-2)16-15-25-12-8-13-26(19-32)34(25)17-23-9-4-3-5-10-23/h3-7,9-11,14,21,25-26H,8,12-13,15-20H2,1-2H3. The molecule has 0 spiro atoms. The van der Waals surface area contributed by atoms with Gasteiger partial charge in [-0.05, 0) is 43.4 Å². The number of hydrogen-bond acceptors (Lipinski definition) is 6. The van der Waals surface area contributed by atoms with Gasteiger partial charge in [-0.2, -0.15) is 0 Å². The fraction of sp³-hybridized carbons (Fsp3) is 0.433. The number of hydrogen-bond donors (Lipinski definition) is 0. The van der Waals surface area contributed by atoms with Crippen molar-refractivity contribution in [3.05, 3.63) is 81.8 Å². The Balaban J connectivity index is 1.56. The van der Waals surface area contributed by atoms with Gasteiger partial charge in [0.15, 0.2) is 0 Å². The van der Waals surface area contributed by atoms with Crippen LogP contribution in [0.2, 0.25) is 0 Å². The van der Waals surface area contributed by atoms with Crippen molar-refractivity contribution in [1.29, 1.82) is 0 Å². The van der Waals surface area contributed by atoms with Gasteiger partial charge in [-0.15, -0.1) is 11.3 Å². The van der Waals surface area contributed by atoms with Gasteiger partial charge in [-0.25, -0.2) is 4.98 Å². The Morgan fingerprint density at radius 3 is 2.55 bits per heavy atom. The summed E-state index contributed by atoms with van der Waals surface area (Å²) in [6, 6.07) is 19.1. The maximum absolute atomic E-state index is 14.0. The summed E-state index contributed by atoms with van der Waals surface area (Å²) < 4.78 is 5.26. The van der Waals surface area contributed by atoms with Crippen LogP contribution < -0.4 is 4.90 Å². The number of thiazole rings is 1. The Hall–Kier alpha value is -3.07. The van der Waals surface area contributed by atoms with Gasteiger partial charge < -0.3 is 14.5 Å². The van der Waals surface area contributed by atoms with E-state index in [4.69, 9.17) is 4.74 Å². The van der Waals surface area contributed by atoms with Crippen LogP contribution in [0.15, 0.2) is 60.1 Å². The fourth-order valence-electron chi connectivity index (χ4n) is 5.87. The summed E-state index contributed by atoms with van der Waals surface area (Å²) in [6.45, 7) is 4.44. The molecule has 3 heterocycles. The van der Waals surface area contributed by atoms with E-state index in [-0.39, 0.29) is 24.5 Å². The van der Waals surface area contributed by atoms with Crippen LogP contribution in [0.1, 0.15) is 52.2 Å². The van der Waals surface area contributed by atoms with Crippen molar-refractivity contribution in [3.8, 4) is 0 Å². The lowest BCUT2D eigenvalue weighted by Gasteiger charge is -2.44. The zero-order valence-corrected chi connectivity index (χ0v) is 23.0. The third-order valence-corrected chi connectivity index (χ3v) is 8.69. The van der Waals surface area contributed by atoms with Crippen LogP contribution in [-0.2, 0) is 22.6 Å². The molecule has 0 saturated carbocycles. The normalized spacial score (nSPS) is 20.5. The number of piperidine rings is 1. The fourth-order valence-corrected chi connectivity index (χ4v) is 6.64. The summed E-state index contributed by atoms with van der Waals surface area (Å²) in [5, 5.41) is 0. The molecular formula is C30H36N4O3S. The summed E-state index contributed by atoms with van der Waals surface area (Å²) in [5.41, 5.74) is 5.61. The first-order valence-corrected chi connectivity index (χ1v) is 14.3. The van der Waals surface area contributed by atoms with Crippen LogP contribution >= 0.6 is 11.3 Å². The minimum Gasteiger partial charge on any atom is -0.375 e. The highest BCUT2D eigenvalue weighted by Crippen LogP contribution is 2.32. The molecule has 2 amide bonds. The quantitative estimate of drug-likeness (QED) is 0.468. The zero-order valence-electron chi connectivity index (χ0n) is 22.2. The van der Waals surface area contributed by atoms with Gasteiger partial charge in [0.1, 0.15) is 11.5 Å². The number of carbonyl (C=O) groups is 2. The van der Waals surface area contributed by atoms with Gasteiger partial charge in [0, 0.05) is 51.1 Å². The zero-order chi connectivity index (χ0) is 26.5. The number of anilines is 1. The van der Waals surface area contributed by atoms with E-state index >= 15 is 0 Å². The number of benzene rings is 2. The number of ether oxygens (including phenoxy) is 1. The summed E-state index contributed by atoms with van der Waals surface area (Å²) in [4.78, 5) is 38.7. The van der Waals surface area contributed by atoms with Crippen molar-refractivity contribution in [2.75, 3.05) is 31.7 Å². The van der Waals surface area contributed by atoms with Gasteiger partial charge in [0.2, 0.25) is 0 Å². The first-order chi connectivity index (χ1) is 18.5. The average Bonchev–Trinajstić information content (AvgIpc) is 3.36. The van der Waals surface area contributed by atoms with Crippen LogP contribution in [0.3, 0.4) is 0 Å². The second kappa shape index (κ2) is 12.2. The number of nitrogens with zero attached hydrogens (tertiary/aromatic N) is 4. The number of fused-ring (bicyclic) bond motifs is 3. The highest BCUT2D eigenvalue weighted by molar-refractivity contribution is 7.11. The van der Waals surface area contributed by atoms with Gasteiger partial charge in [0.25, 0.3) is 11.8 Å². The number of aryl methyl sites for hydroxylation is 1. The molecule has 8 heteroatoms. The van der Waals surface area contributed by atoms with E-state index in [0.29, 0.717) is 30.6 Å². The molecule has 1 saturated heterocycles. The molecule has 2 atom stereocenters. The lowest BCUT2D eigenvalue weighted by Crippen LogP contribution is -2.52. The van der Waals surface area contributed by atoms with Crippen LogP contribution in [0.4, 0.5) is 5.69 Å². The number of carbonyl (C=O) groups excluding carboxylic acids is 2. The second-order valence-corrected chi connectivity index (χ2v) is 11.1.